The average Bonchev–Trinajstić information content (AvgIpc) is 2.49. The number of anilines is 1. The molecule has 0 heterocycles. The number of hydrogen-bond acceptors (Lipinski definition) is 4. The summed E-state index contributed by atoms with van der Waals surface area (Å²) in [4.78, 5) is -0.488. The number of halogens is 1. The van der Waals surface area contributed by atoms with Gasteiger partial charge in [0.1, 0.15) is 5.82 Å². The quantitative estimate of drug-likeness (QED) is 0.860. The van der Waals surface area contributed by atoms with Crippen LogP contribution >= 0.6 is 0 Å². The van der Waals surface area contributed by atoms with E-state index in [0.29, 0.717) is 0 Å². The van der Waals surface area contributed by atoms with Crippen LogP contribution in [-0.4, -0.2) is 23.9 Å². The van der Waals surface area contributed by atoms with E-state index in [2.05, 4.69) is 9.44 Å². The lowest BCUT2D eigenvalue weighted by Gasteiger charge is -2.10. The summed E-state index contributed by atoms with van der Waals surface area (Å²) in [5, 5.41) is 0. The first kappa shape index (κ1) is 16.4. The first-order chi connectivity index (χ1) is 10.3. The van der Waals surface area contributed by atoms with Gasteiger partial charge in [-0.1, -0.05) is 18.2 Å². The molecule has 0 radical (unpaired) electrons. The molecule has 0 unspecified atom stereocenters. The van der Waals surface area contributed by atoms with Gasteiger partial charge < -0.3 is 0 Å². The van der Waals surface area contributed by atoms with Crippen LogP contribution in [0.3, 0.4) is 0 Å². The average molecular weight is 344 g/mol. The van der Waals surface area contributed by atoms with Gasteiger partial charge >= 0.3 is 0 Å². The Labute approximate surface area is 128 Å². The van der Waals surface area contributed by atoms with Gasteiger partial charge in [-0.2, -0.15) is 0 Å². The zero-order valence-electron chi connectivity index (χ0n) is 11.4. The molecule has 0 aliphatic rings. The first-order valence-electron chi connectivity index (χ1n) is 6.07. The highest BCUT2D eigenvalue weighted by molar-refractivity contribution is 7.93. The molecule has 22 heavy (non-hydrogen) atoms. The van der Waals surface area contributed by atoms with Gasteiger partial charge in [0.25, 0.3) is 10.0 Å². The lowest BCUT2D eigenvalue weighted by Crippen LogP contribution is -2.20. The lowest BCUT2D eigenvalue weighted by atomic mass is 10.3. The minimum absolute atomic E-state index is 0.202. The number of para-hydroxylation sites is 1. The summed E-state index contributed by atoms with van der Waals surface area (Å²) < 4.78 is 65.6. The number of benzene rings is 2. The largest absolute Gasteiger partial charge is 0.277 e. The molecule has 2 N–H and O–H groups in total. The Kier molecular flexibility index (Phi) is 4.50. The Hall–Kier alpha value is -1.97. The van der Waals surface area contributed by atoms with E-state index in [0.717, 1.165) is 12.1 Å². The van der Waals surface area contributed by atoms with Gasteiger partial charge in [-0.05, 0) is 37.4 Å². The van der Waals surface area contributed by atoms with Crippen LogP contribution < -0.4 is 9.44 Å². The number of rotatable bonds is 5. The second-order valence-electron chi connectivity index (χ2n) is 4.27. The third kappa shape index (κ3) is 3.43. The Morgan fingerprint density at radius 1 is 0.864 bits per heavy atom. The van der Waals surface area contributed by atoms with Crippen LogP contribution in [0.5, 0.6) is 0 Å². The van der Waals surface area contributed by atoms with Gasteiger partial charge in [-0.15, -0.1) is 0 Å². The van der Waals surface area contributed by atoms with Crippen LogP contribution in [0.4, 0.5) is 10.1 Å². The minimum atomic E-state index is -4.11. The molecular formula is C13H13FN2O4S2. The highest BCUT2D eigenvalue weighted by Crippen LogP contribution is 2.20. The maximum absolute atomic E-state index is 13.5. The summed E-state index contributed by atoms with van der Waals surface area (Å²) in [5.41, 5.74) is -0.218. The normalized spacial score (nSPS) is 12.1. The van der Waals surface area contributed by atoms with Crippen LogP contribution in [0.2, 0.25) is 0 Å². The van der Waals surface area contributed by atoms with Crippen molar-refractivity contribution in [3.8, 4) is 0 Å². The molecule has 118 valence electrons. The van der Waals surface area contributed by atoms with E-state index < -0.39 is 25.9 Å². The van der Waals surface area contributed by atoms with E-state index in [9.17, 15) is 21.2 Å². The molecule has 2 aromatic carbocycles. The summed E-state index contributed by atoms with van der Waals surface area (Å²) in [6, 6.07) is 10.0. The first-order valence-corrected chi connectivity index (χ1v) is 9.04. The Balaban J connectivity index is 2.43. The van der Waals surface area contributed by atoms with E-state index in [-0.39, 0.29) is 15.5 Å². The molecule has 6 nitrogen and oxygen atoms in total. The molecule has 0 saturated carbocycles. The summed E-state index contributed by atoms with van der Waals surface area (Å²) >= 11 is 0. The molecule has 0 aliphatic carbocycles. The van der Waals surface area contributed by atoms with E-state index in [4.69, 9.17) is 0 Å². The van der Waals surface area contributed by atoms with Crippen LogP contribution in [0, 0.1) is 5.82 Å². The van der Waals surface area contributed by atoms with Crippen molar-refractivity contribution in [3.63, 3.8) is 0 Å². The van der Waals surface area contributed by atoms with Gasteiger partial charge in [0.05, 0.1) is 15.5 Å². The predicted molar refractivity (Wildman–Crippen MR) is 79.9 cm³/mol. The second kappa shape index (κ2) is 6.03. The third-order valence-corrected chi connectivity index (χ3v) is 5.59. The van der Waals surface area contributed by atoms with Gasteiger partial charge in [0, 0.05) is 0 Å². The van der Waals surface area contributed by atoms with Crippen LogP contribution in [-0.2, 0) is 20.0 Å². The Morgan fingerprint density at radius 3 is 2.05 bits per heavy atom. The monoisotopic (exact) mass is 344 g/mol. The van der Waals surface area contributed by atoms with Crippen molar-refractivity contribution >= 4 is 25.7 Å². The molecule has 0 aliphatic heterocycles. The van der Waals surface area contributed by atoms with Crippen molar-refractivity contribution in [1.29, 1.82) is 0 Å². The number of sulfonamides is 2. The van der Waals surface area contributed by atoms with Crippen molar-refractivity contribution in [2.75, 3.05) is 11.8 Å². The highest BCUT2D eigenvalue weighted by atomic mass is 32.2. The molecule has 9 heteroatoms. The van der Waals surface area contributed by atoms with Gasteiger partial charge in [0.2, 0.25) is 10.0 Å². The molecule has 0 amide bonds. The van der Waals surface area contributed by atoms with E-state index >= 15 is 0 Å². The van der Waals surface area contributed by atoms with Crippen LogP contribution in [0.15, 0.2) is 58.3 Å². The van der Waals surface area contributed by atoms with Crippen molar-refractivity contribution < 1.29 is 21.2 Å². The van der Waals surface area contributed by atoms with E-state index in [1.165, 1.54) is 43.4 Å². The van der Waals surface area contributed by atoms with Gasteiger partial charge in [-0.25, -0.2) is 25.9 Å². The lowest BCUT2D eigenvalue weighted by molar-refractivity contribution is 0.587. The topological polar surface area (TPSA) is 92.3 Å². The van der Waals surface area contributed by atoms with Crippen LogP contribution in [0.25, 0.3) is 0 Å². The van der Waals surface area contributed by atoms with E-state index in [1.807, 2.05) is 0 Å². The molecule has 0 aromatic heterocycles. The van der Waals surface area contributed by atoms with Crippen molar-refractivity contribution in [1.82, 2.24) is 4.72 Å². The molecule has 0 spiro atoms. The zero-order valence-corrected chi connectivity index (χ0v) is 13.1. The summed E-state index contributed by atoms with van der Waals surface area (Å²) in [7, 11) is -6.67. The molecule has 0 atom stereocenters. The molecular weight excluding hydrogens is 331 g/mol. The summed E-state index contributed by atoms with van der Waals surface area (Å²) in [5.74, 6) is -0.731. The van der Waals surface area contributed by atoms with Crippen molar-refractivity contribution in [3.05, 3.63) is 54.3 Å². The Morgan fingerprint density at radius 2 is 1.45 bits per heavy atom. The Bertz CT molecular complexity index is 896. The molecule has 0 fully saturated rings. The summed E-state index contributed by atoms with van der Waals surface area (Å²) in [6.07, 6.45) is 0. The minimum Gasteiger partial charge on any atom is -0.277 e. The molecule has 0 bridgehead atoms. The second-order valence-corrected chi connectivity index (χ2v) is 7.84. The fraction of sp³-hybridized carbons (Fsp3) is 0.0769. The van der Waals surface area contributed by atoms with Gasteiger partial charge in [0.15, 0.2) is 0 Å². The maximum Gasteiger partial charge on any atom is 0.262 e. The van der Waals surface area contributed by atoms with Crippen LogP contribution in [0.1, 0.15) is 0 Å². The van der Waals surface area contributed by atoms with Crippen molar-refractivity contribution in [2.45, 2.75) is 9.79 Å². The molecule has 0 saturated heterocycles. The smallest absolute Gasteiger partial charge is 0.262 e. The maximum atomic E-state index is 13.5. The van der Waals surface area contributed by atoms with E-state index in [1.54, 1.807) is 0 Å². The van der Waals surface area contributed by atoms with Crippen molar-refractivity contribution in [2.24, 2.45) is 0 Å². The fourth-order valence-electron chi connectivity index (χ4n) is 1.67. The third-order valence-electron chi connectivity index (χ3n) is 2.81. The molecule has 2 rings (SSSR count). The number of hydrogen-bond donors (Lipinski definition) is 2. The standard InChI is InChI=1S/C13H13FN2O4S2/c1-15-21(17,18)10-5-4-6-11(9-10)22(19,20)16-13-8-3-2-7-12(13)14/h2-9,15-16H,1H3. The number of nitrogens with one attached hydrogen (secondary N) is 2. The van der Waals surface area contributed by atoms with Gasteiger partial charge in [-0.3, -0.25) is 4.72 Å². The molecule has 2 aromatic rings. The predicted octanol–water partition coefficient (Wildman–Crippen LogP) is 1.53. The SMILES string of the molecule is CNS(=O)(=O)c1cccc(S(=O)(=O)Nc2ccccc2F)c1. The highest BCUT2D eigenvalue weighted by Gasteiger charge is 2.19. The zero-order chi connectivity index (χ0) is 16.4. The fourth-order valence-corrected chi connectivity index (χ4v) is 3.64. The summed E-state index contributed by atoms with van der Waals surface area (Å²) in [6.45, 7) is 0.